The Morgan fingerprint density at radius 3 is 2.44 bits per heavy atom. The molecule has 0 saturated carbocycles. The average Bonchev–Trinajstić information content (AvgIpc) is 2.77. The number of carbonyl (C=O) groups is 2. The van der Waals surface area contributed by atoms with Crippen molar-refractivity contribution in [2.75, 3.05) is 23.7 Å². The van der Waals surface area contributed by atoms with E-state index in [2.05, 4.69) is 21.2 Å². The SMILES string of the molecule is CCCCNC(=O)[C@@H](C)N(Cc1ccccc1F)C(=O)CN(c1ccc(Br)c(C)c1)S(C)(=O)=O. The molecule has 1 N–H and O–H groups in total. The molecule has 0 unspecified atom stereocenters. The lowest BCUT2D eigenvalue weighted by molar-refractivity contribution is -0.139. The first-order chi connectivity index (χ1) is 16.0. The Bertz CT molecular complexity index is 1130. The normalized spacial score (nSPS) is 12.2. The van der Waals surface area contributed by atoms with Gasteiger partial charge in [0.25, 0.3) is 0 Å². The Morgan fingerprint density at radius 1 is 1.18 bits per heavy atom. The number of hydrogen-bond donors (Lipinski definition) is 1. The molecule has 0 heterocycles. The molecule has 2 aromatic rings. The predicted molar refractivity (Wildman–Crippen MR) is 135 cm³/mol. The van der Waals surface area contributed by atoms with E-state index in [4.69, 9.17) is 0 Å². The van der Waals surface area contributed by atoms with E-state index in [-0.39, 0.29) is 18.0 Å². The molecule has 7 nitrogen and oxygen atoms in total. The van der Waals surface area contributed by atoms with Gasteiger partial charge in [0.05, 0.1) is 11.9 Å². The number of nitrogens with zero attached hydrogens (tertiary/aromatic N) is 2. The van der Waals surface area contributed by atoms with E-state index in [0.29, 0.717) is 12.2 Å². The Labute approximate surface area is 209 Å². The van der Waals surface area contributed by atoms with Crippen molar-refractivity contribution in [1.82, 2.24) is 10.2 Å². The minimum Gasteiger partial charge on any atom is -0.354 e. The highest BCUT2D eigenvalue weighted by Gasteiger charge is 2.30. The van der Waals surface area contributed by atoms with E-state index < -0.39 is 34.3 Å². The van der Waals surface area contributed by atoms with E-state index in [1.54, 1.807) is 31.2 Å². The highest BCUT2D eigenvalue weighted by molar-refractivity contribution is 9.10. The summed E-state index contributed by atoms with van der Waals surface area (Å²) in [4.78, 5) is 27.4. The fourth-order valence-electron chi connectivity index (χ4n) is 3.33. The van der Waals surface area contributed by atoms with Crippen LogP contribution < -0.4 is 9.62 Å². The number of halogens is 2. The smallest absolute Gasteiger partial charge is 0.244 e. The molecule has 2 aromatic carbocycles. The lowest BCUT2D eigenvalue weighted by Crippen LogP contribution is -2.51. The van der Waals surface area contributed by atoms with Crippen LogP contribution in [-0.2, 0) is 26.2 Å². The largest absolute Gasteiger partial charge is 0.354 e. The van der Waals surface area contributed by atoms with Crippen molar-refractivity contribution in [2.45, 2.75) is 46.2 Å². The van der Waals surface area contributed by atoms with Crippen LogP contribution in [0.4, 0.5) is 10.1 Å². The van der Waals surface area contributed by atoms with E-state index in [1.807, 2.05) is 13.8 Å². The summed E-state index contributed by atoms with van der Waals surface area (Å²) in [5.41, 5.74) is 1.35. The first kappa shape index (κ1) is 27.8. The molecule has 0 saturated heterocycles. The van der Waals surface area contributed by atoms with Crippen molar-refractivity contribution in [3.8, 4) is 0 Å². The minimum atomic E-state index is -3.82. The second kappa shape index (κ2) is 12.3. The summed E-state index contributed by atoms with van der Waals surface area (Å²) in [6.07, 6.45) is 2.69. The first-order valence-electron chi connectivity index (χ1n) is 11.0. The van der Waals surface area contributed by atoms with E-state index in [0.717, 1.165) is 33.4 Å². The van der Waals surface area contributed by atoms with Crippen LogP contribution in [0.5, 0.6) is 0 Å². The van der Waals surface area contributed by atoms with Gasteiger partial charge in [0, 0.05) is 23.1 Å². The standard InChI is InChI=1S/C24H31BrFN3O4S/c1-5-6-13-27-24(31)18(3)28(15-19-9-7-8-10-22(19)26)23(30)16-29(34(4,32)33)20-11-12-21(25)17(2)14-20/h7-12,14,18H,5-6,13,15-16H2,1-4H3,(H,27,31)/t18-/m1/s1. The van der Waals surface area contributed by atoms with Crippen molar-refractivity contribution in [3.63, 3.8) is 0 Å². The van der Waals surface area contributed by atoms with Crippen LogP contribution in [0.2, 0.25) is 0 Å². The lowest BCUT2D eigenvalue weighted by Gasteiger charge is -2.31. The Balaban J connectivity index is 2.38. The van der Waals surface area contributed by atoms with Gasteiger partial charge in [0.1, 0.15) is 18.4 Å². The van der Waals surface area contributed by atoms with Gasteiger partial charge in [0.2, 0.25) is 21.8 Å². The van der Waals surface area contributed by atoms with Gasteiger partial charge in [0.15, 0.2) is 0 Å². The molecule has 186 valence electrons. The Morgan fingerprint density at radius 2 is 1.85 bits per heavy atom. The van der Waals surface area contributed by atoms with Crippen LogP contribution in [0.3, 0.4) is 0 Å². The third kappa shape index (κ3) is 7.53. The van der Waals surface area contributed by atoms with Gasteiger partial charge in [-0.25, -0.2) is 12.8 Å². The van der Waals surface area contributed by atoms with Crippen LogP contribution >= 0.6 is 15.9 Å². The molecule has 0 fully saturated rings. The zero-order valence-electron chi connectivity index (χ0n) is 19.8. The van der Waals surface area contributed by atoms with Gasteiger partial charge in [-0.2, -0.15) is 0 Å². The summed E-state index contributed by atoms with van der Waals surface area (Å²) >= 11 is 3.38. The van der Waals surface area contributed by atoms with Gasteiger partial charge >= 0.3 is 0 Å². The van der Waals surface area contributed by atoms with Crippen LogP contribution in [0.25, 0.3) is 0 Å². The number of anilines is 1. The predicted octanol–water partition coefficient (Wildman–Crippen LogP) is 4.00. The van der Waals surface area contributed by atoms with Crippen molar-refractivity contribution in [3.05, 3.63) is 63.9 Å². The maximum atomic E-state index is 14.4. The van der Waals surface area contributed by atoms with E-state index in [1.165, 1.54) is 23.1 Å². The number of hydrogen-bond acceptors (Lipinski definition) is 4. The molecular weight excluding hydrogens is 525 g/mol. The molecule has 2 rings (SSSR count). The summed E-state index contributed by atoms with van der Waals surface area (Å²) in [7, 11) is -3.82. The third-order valence-electron chi connectivity index (χ3n) is 5.40. The fourth-order valence-corrected chi connectivity index (χ4v) is 4.41. The van der Waals surface area contributed by atoms with Gasteiger partial charge in [-0.15, -0.1) is 0 Å². The summed E-state index contributed by atoms with van der Waals surface area (Å²) in [5.74, 6) is -1.52. The van der Waals surface area contributed by atoms with Crippen molar-refractivity contribution in [1.29, 1.82) is 0 Å². The minimum absolute atomic E-state index is 0.176. The van der Waals surface area contributed by atoms with Gasteiger partial charge in [-0.1, -0.05) is 47.5 Å². The van der Waals surface area contributed by atoms with Crippen LogP contribution in [0.15, 0.2) is 46.9 Å². The molecule has 0 radical (unpaired) electrons. The second-order valence-corrected chi connectivity index (χ2v) is 10.9. The molecule has 1 atom stereocenters. The third-order valence-corrected chi connectivity index (χ3v) is 7.43. The Hall–Kier alpha value is -2.46. The van der Waals surface area contributed by atoms with Crippen molar-refractivity contribution >= 4 is 43.5 Å². The maximum absolute atomic E-state index is 14.4. The summed E-state index contributed by atoms with van der Waals surface area (Å²) in [6.45, 7) is 5.10. The number of unbranched alkanes of at least 4 members (excludes halogenated alkanes) is 1. The van der Waals surface area contributed by atoms with E-state index >= 15 is 0 Å². The van der Waals surface area contributed by atoms with E-state index in [9.17, 15) is 22.4 Å². The zero-order valence-corrected chi connectivity index (χ0v) is 22.2. The fraction of sp³-hybridized carbons (Fsp3) is 0.417. The highest BCUT2D eigenvalue weighted by atomic mass is 79.9. The lowest BCUT2D eigenvalue weighted by atomic mass is 10.1. The van der Waals surface area contributed by atoms with Gasteiger partial charge < -0.3 is 10.2 Å². The summed E-state index contributed by atoms with van der Waals surface area (Å²) in [5, 5.41) is 2.78. The molecule has 0 bridgehead atoms. The molecule has 2 amide bonds. The number of amides is 2. The van der Waals surface area contributed by atoms with Crippen molar-refractivity contribution in [2.24, 2.45) is 0 Å². The summed E-state index contributed by atoms with van der Waals surface area (Å²) < 4.78 is 41.3. The number of sulfonamides is 1. The number of benzene rings is 2. The van der Waals surface area contributed by atoms with Crippen LogP contribution in [0, 0.1) is 12.7 Å². The zero-order chi connectivity index (χ0) is 25.5. The average molecular weight is 556 g/mol. The molecule has 0 aliphatic rings. The van der Waals surface area contributed by atoms with Crippen LogP contribution in [0.1, 0.15) is 37.8 Å². The quantitative estimate of drug-likeness (QED) is 0.424. The second-order valence-electron chi connectivity index (χ2n) is 8.14. The van der Waals surface area contributed by atoms with Crippen molar-refractivity contribution < 1.29 is 22.4 Å². The molecule has 0 aromatic heterocycles. The van der Waals surface area contributed by atoms with Crippen LogP contribution in [-0.4, -0.2) is 50.5 Å². The molecule has 10 heteroatoms. The topological polar surface area (TPSA) is 86.8 Å². The number of carbonyl (C=O) groups excluding carboxylic acids is 2. The number of aryl methyl sites for hydroxylation is 1. The number of nitrogens with one attached hydrogen (secondary N) is 1. The highest BCUT2D eigenvalue weighted by Crippen LogP contribution is 2.25. The van der Waals surface area contributed by atoms with Gasteiger partial charge in [-0.3, -0.25) is 13.9 Å². The molecule has 0 aliphatic heterocycles. The Kier molecular flexibility index (Phi) is 10.1. The number of rotatable bonds is 11. The molecule has 0 spiro atoms. The maximum Gasteiger partial charge on any atom is 0.244 e. The van der Waals surface area contributed by atoms with Gasteiger partial charge in [-0.05, 0) is 50.1 Å². The molecule has 34 heavy (non-hydrogen) atoms. The molecule has 0 aliphatic carbocycles. The first-order valence-corrected chi connectivity index (χ1v) is 13.6. The molecular formula is C24H31BrFN3O4S. The summed E-state index contributed by atoms with van der Waals surface area (Å²) in [6, 6.07) is 9.99. The monoisotopic (exact) mass is 555 g/mol.